The van der Waals surface area contributed by atoms with Crippen molar-refractivity contribution in [1.29, 1.82) is 0 Å². The molecule has 0 heterocycles. The van der Waals surface area contributed by atoms with Crippen LogP contribution >= 0.6 is 27.5 Å². The van der Waals surface area contributed by atoms with Crippen molar-refractivity contribution < 1.29 is 14.7 Å². The average Bonchev–Trinajstić information content (AvgIpc) is 3.03. The number of carboxylic acids is 1. The Morgan fingerprint density at radius 2 is 2.12 bits per heavy atom. The van der Waals surface area contributed by atoms with Crippen LogP contribution in [0, 0.1) is 11.8 Å². The van der Waals surface area contributed by atoms with Crippen molar-refractivity contribution in [2.45, 2.75) is 6.42 Å². The van der Waals surface area contributed by atoms with E-state index in [9.17, 15) is 9.59 Å². The largest absolute Gasteiger partial charge is 0.481 e. The number of carbonyl (C=O) groups is 2. The van der Waals surface area contributed by atoms with Gasteiger partial charge in [0.25, 0.3) is 0 Å². The fraction of sp³-hybridized carbons (Fsp3) is 0.273. The molecule has 1 aromatic carbocycles. The van der Waals surface area contributed by atoms with E-state index in [2.05, 4.69) is 21.2 Å². The van der Waals surface area contributed by atoms with Crippen LogP contribution in [0.1, 0.15) is 6.42 Å². The normalized spacial score (nSPS) is 22.0. The molecular formula is C11H9BrClNO3. The summed E-state index contributed by atoms with van der Waals surface area (Å²) < 4.78 is 0.711. The molecule has 0 spiro atoms. The molecule has 2 rings (SSSR count). The van der Waals surface area contributed by atoms with Gasteiger partial charge in [0.15, 0.2) is 0 Å². The molecule has 17 heavy (non-hydrogen) atoms. The molecule has 0 radical (unpaired) electrons. The first-order valence-electron chi connectivity index (χ1n) is 4.98. The number of benzene rings is 1. The van der Waals surface area contributed by atoms with Crippen molar-refractivity contribution >= 4 is 45.1 Å². The summed E-state index contributed by atoms with van der Waals surface area (Å²) in [6.07, 6.45) is 0.402. The zero-order valence-electron chi connectivity index (χ0n) is 8.61. The monoisotopic (exact) mass is 317 g/mol. The van der Waals surface area contributed by atoms with Crippen molar-refractivity contribution in [2.24, 2.45) is 11.8 Å². The van der Waals surface area contributed by atoms with Crippen LogP contribution in [0.25, 0.3) is 0 Å². The lowest BCUT2D eigenvalue weighted by atomic mass is 10.2. The maximum atomic E-state index is 11.7. The first-order valence-corrected chi connectivity index (χ1v) is 6.15. The molecule has 90 valence electrons. The highest BCUT2D eigenvalue weighted by molar-refractivity contribution is 9.10. The highest BCUT2D eigenvalue weighted by atomic mass is 79.9. The van der Waals surface area contributed by atoms with Crippen LogP contribution in [0.2, 0.25) is 5.02 Å². The maximum Gasteiger partial charge on any atom is 0.307 e. The minimum Gasteiger partial charge on any atom is -0.481 e. The number of aliphatic carboxylic acids is 1. The van der Waals surface area contributed by atoms with E-state index >= 15 is 0 Å². The number of anilines is 1. The van der Waals surface area contributed by atoms with Gasteiger partial charge in [-0.05, 0) is 40.5 Å². The Morgan fingerprint density at radius 1 is 1.41 bits per heavy atom. The third-order valence-corrected chi connectivity index (χ3v) is 3.56. The Bertz CT molecular complexity index is 492. The number of nitrogens with one attached hydrogen (secondary N) is 1. The zero-order chi connectivity index (χ0) is 12.6. The summed E-state index contributed by atoms with van der Waals surface area (Å²) in [4.78, 5) is 22.4. The SMILES string of the molecule is O=C(O)[C@H]1C[C@H]1C(=O)Nc1cc(Cl)ccc1Br. The smallest absolute Gasteiger partial charge is 0.307 e. The Morgan fingerprint density at radius 3 is 2.71 bits per heavy atom. The van der Waals surface area contributed by atoms with Crippen molar-refractivity contribution in [2.75, 3.05) is 5.32 Å². The summed E-state index contributed by atoms with van der Waals surface area (Å²) in [5, 5.41) is 11.9. The van der Waals surface area contributed by atoms with Crippen molar-refractivity contribution in [3.63, 3.8) is 0 Å². The molecule has 1 aliphatic carbocycles. The Balaban J connectivity index is 2.04. The van der Waals surface area contributed by atoms with Gasteiger partial charge < -0.3 is 10.4 Å². The molecule has 0 unspecified atom stereocenters. The molecule has 1 saturated carbocycles. The summed E-state index contributed by atoms with van der Waals surface area (Å²) in [5.74, 6) is -2.18. The second kappa shape index (κ2) is 4.66. The van der Waals surface area contributed by atoms with Gasteiger partial charge in [0, 0.05) is 9.50 Å². The molecule has 2 N–H and O–H groups in total. The van der Waals surface area contributed by atoms with Crippen LogP contribution in [0.15, 0.2) is 22.7 Å². The van der Waals surface area contributed by atoms with Crippen LogP contribution in [0.5, 0.6) is 0 Å². The third-order valence-electron chi connectivity index (χ3n) is 2.63. The Kier molecular flexibility index (Phi) is 3.40. The number of hydrogen-bond donors (Lipinski definition) is 2. The van der Waals surface area contributed by atoms with Gasteiger partial charge in [-0.25, -0.2) is 0 Å². The van der Waals surface area contributed by atoms with Crippen LogP contribution < -0.4 is 5.32 Å². The predicted molar refractivity (Wildman–Crippen MR) is 67.0 cm³/mol. The highest BCUT2D eigenvalue weighted by Crippen LogP contribution is 2.40. The molecule has 0 aromatic heterocycles. The summed E-state index contributed by atoms with van der Waals surface area (Å²) in [6.45, 7) is 0. The lowest BCUT2D eigenvalue weighted by Gasteiger charge is -2.07. The fourth-order valence-electron chi connectivity index (χ4n) is 1.58. The van der Waals surface area contributed by atoms with Crippen molar-refractivity contribution in [3.8, 4) is 0 Å². The van der Waals surface area contributed by atoms with E-state index in [4.69, 9.17) is 16.7 Å². The molecule has 1 amide bonds. The zero-order valence-corrected chi connectivity index (χ0v) is 11.0. The van der Waals surface area contributed by atoms with Gasteiger partial charge in [0.2, 0.25) is 5.91 Å². The van der Waals surface area contributed by atoms with Crippen molar-refractivity contribution in [1.82, 2.24) is 0 Å². The van der Waals surface area contributed by atoms with E-state index in [0.29, 0.717) is 21.6 Å². The first-order chi connectivity index (χ1) is 7.99. The number of carbonyl (C=O) groups excluding carboxylic acids is 1. The van der Waals surface area contributed by atoms with E-state index in [1.165, 1.54) is 0 Å². The van der Waals surface area contributed by atoms with Gasteiger partial charge in [-0.1, -0.05) is 11.6 Å². The lowest BCUT2D eigenvalue weighted by molar-refractivity contribution is -0.139. The molecule has 4 nitrogen and oxygen atoms in total. The number of hydrogen-bond acceptors (Lipinski definition) is 2. The molecule has 1 fully saturated rings. The molecule has 0 saturated heterocycles. The second-order valence-electron chi connectivity index (χ2n) is 3.90. The van der Waals surface area contributed by atoms with Gasteiger partial charge in [-0.3, -0.25) is 9.59 Å². The first kappa shape index (κ1) is 12.4. The average molecular weight is 319 g/mol. The quantitative estimate of drug-likeness (QED) is 0.900. The van der Waals surface area contributed by atoms with E-state index in [1.54, 1.807) is 18.2 Å². The number of amides is 1. The minimum atomic E-state index is -0.921. The predicted octanol–water partition coefficient (Wildman–Crippen LogP) is 2.76. The molecule has 0 bridgehead atoms. The summed E-state index contributed by atoms with van der Waals surface area (Å²) in [6, 6.07) is 5.03. The second-order valence-corrected chi connectivity index (χ2v) is 5.19. The number of carboxylic acid groups (broad SMARTS) is 1. The van der Waals surface area contributed by atoms with E-state index in [-0.39, 0.29) is 5.91 Å². The van der Waals surface area contributed by atoms with Gasteiger partial charge in [-0.15, -0.1) is 0 Å². The molecule has 2 atom stereocenters. The van der Waals surface area contributed by atoms with Crippen LogP contribution in [0.3, 0.4) is 0 Å². The number of rotatable bonds is 3. The maximum absolute atomic E-state index is 11.7. The van der Waals surface area contributed by atoms with Gasteiger partial charge in [0.1, 0.15) is 0 Å². The molecule has 1 aromatic rings. The number of halogens is 2. The van der Waals surface area contributed by atoms with Gasteiger partial charge >= 0.3 is 5.97 Å². The van der Waals surface area contributed by atoms with Crippen LogP contribution in [-0.4, -0.2) is 17.0 Å². The summed E-state index contributed by atoms with van der Waals surface area (Å²) >= 11 is 9.09. The standard InChI is InChI=1S/C11H9BrClNO3/c12-8-2-1-5(13)3-9(8)14-10(15)6-4-7(6)11(16)17/h1-3,6-7H,4H2,(H,14,15)(H,16,17)/t6-,7+/m1/s1. The summed E-state index contributed by atoms with van der Waals surface area (Å²) in [7, 11) is 0. The topological polar surface area (TPSA) is 66.4 Å². The van der Waals surface area contributed by atoms with Crippen LogP contribution in [-0.2, 0) is 9.59 Å². The third kappa shape index (κ3) is 2.79. The van der Waals surface area contributed by atoms with E-state index in [0.717, 1.165) is 0 Å². The molecule has 0 aliphatic heterocycles. The highest BCUT2D eigenvalue weighted by Gasteiger charge is 2.48. The molecular weight excluding hydrogens is 309 g/mol. The Hall–Kier alpha value is -1.07. The Labute approximate surface area is 111 Å². The lowest BCUT2D eigenvalue weighted by Crippen LogP contribution is -2.17. The fourth-order valence-corrected chi connectivity index (χ4v) is 2.09. The van der Waals surface area contributed by atoms with Gasteiger partial charge in [-0.2, -0.15) is 0 Å². The van der Waals surface area contributed by atoms with E-state index in [1.807, 2.05) is 0 Å². The van der Waals surface area contributed by atoms with E-state index < -0.39 is 17.8 Å². The minimum absolute atomic E-state index is 0.277. The van der Waals surface area contributed by atoms with Crippen LogP contribution in [0.4, 0.5) is 5.69 Å². The molecule has 6 heteroatoms. The van der Waals surface area contributed by atoms with Gasteiger partial charge in [0.05, 0.1) is 17.5 Å². The molecule has 1 aliphatic rings. The van der Waals surface area contributed by atoms with Crippen molar-refractivity contribution in [3.05, 3.63) is 27.7 Å². The summed E-state index contributed by atoms with van der Waals surface area (Å²) in [5.41, 5.74) is 0.554.